The van der Waals surface area contributed by atoms with Gasteiger partial charge in [0.2, 0.25) is 5.91 Å². The molecule has 0 saturated carbocycles. The first kappa shape index (κ1) is 14.8. The summed E-state index contributed by atoms with van der Waals surface area (Å²) in [7, 11) is 0. The molecule has 2 aromatic heterocycles. The summed E-state index contributed by atoms with van der Waals surface area (Å²) >= 11 is 0. The van der Waals surface area contributed by atoms with Gasteiger partial charge in [-0.15, -0.1) is 0 Å². The molecule has 0 bridgehead atoms. The second-order valence-corrected chi connectivity index (χ2v) is 5.70. The van der Waals surface area contributed by atoms with Crippen molar-refractivity contribution in [3.8, 4) is 0 Å². The Hall–Kier alpha value is -2.12. The Balaban J connectivity index is 1.61. The third-order valence-electron chi connectivity index (χ3n) is 4.16. The van der Waals surface area contributed by atoms with Crippen molar-refractivity contribution in [2.75, 3.05) is 6.54 Å². The van der Waals surface area contributed by atoms with Crippen molar-refractivity contribution in [3.05, 3.63) is 34.9 Å². The lowest BCUT2D eigenvalue weighted by atomic mass is 9.96. The van der Waals surface area contributed by atoms with Gasteiger partial charge in [0.1, 0.15) is 0 Å². The van der Waals surface area contributed by atoms with Gasteiger partial charge in [0.15, 0.2) is 5.58 Å². The molecule has 3 rings (SSSR count). The summed E-state index contributed by atoms with van der Waals surface area (Å²) in [4.78, 5) is 24.4. The summed E-state index contributed by atoms with van der Waals surface area (Å²) in [5.41, 5.74) is 6.28. The van der Waals surface area contributed by atoms with Gasteiger partial charge in [-0.3, -0.25) is 20.4 Å². The maximum atomic E-state index is 12.2. The molecule has 1 fully saturated rings. The Morgan fingerprint density at radius 1 is 1.32 bits per heavy atom. The van der Waals surface area contributed by atoms with Gasteiger partial charge < -0.3 is 14.3 Å². The maximum Gasteiger partial charge on any atom is 0.294 e. The van der Waals surface area contributed by atoms with Gasteiger partial charge in [0.05, 0.1) is 12.2 Å². The highest BCUT2D eigenvalue weighted by atomic mass is 16.3. The Bertz CT molecular complexity index is 726. The van der Waals surface area contributed by atoms with Crippen molar-refractivity contribution in [3.63, 3.8) is 0 Å². The van der Waals surface area contributed by atoms with E-state index in [0.717, 1.165) is 5.39 Å². The molecule has 1 amide bonds. The molecule has 7 heteroatoms. The predicted octanol–water partition coefficient (Wildman–Crippen LogP) is 0.212. The van der Waals surface area contributed by atoms with E-state index in [9.17, 15) is 9.59 Å². The van der Waals surface area contributed by atoms with E-state index < -0.39 is 0 Å². The summed E-state index contributed by atoms with van der Waals surface area (Å²) in [6.45, 7) is 4.75. The van der Waals surface area contributed by atoms with Gasteiger partial charge in [0.25, 0.3) is 5.56 Å². The third-order valence-corrected chi connectivity index (χ3v) is 4.16. The zero-order chi connectivity index (χ0) is 15.7. The Labute approximate surface area is 127 Å². The second kappa shape index (κ2) is 5.94. The second-order valence-electron chi connectivity index (χ2n) is 5.70. The highest BCUT2D eigenvalue weighted by Gasteiger charge is 2.35. The van der Waals surface area contributed by atoms with Crippen LogP contribution < -0.4 is 21.7 Å². The van der Waals surface area contributed by atoms with Crippen LogP contribution in [0.2, 0.25) is 0 Å². The average molecular weight is 304 g/mol. The Morgan fingerprint density at radius 2 is 2.05 bits per heavy atom. The summed E-state index contributed by atoms with van der Waals surface area (Å²) < 4.78 is 6.73. The standard InChI is InChI=1S/C15H20N4O3/c1-9-12(10(2)18-17-9)14(20)16-5-7-19-6-3-11-4-8-22-13(11)15(19)21/h3-4,6,8-10,12,17-18H,5,7H2,1-2H3,(H,16,20). The number of furan rings is 1. The number of amides is 1. The van der Waals surface area contributed by atoms with Crippen molar-refractivity contribution in [2.45, 2.75) is 32.5 Å². The minimum Gasteiger partial charge on any atom is -0.459 e. The van der Waals surface area contributed by atoms with Crippen molar-refractivity contribution in [2.24, 2.45) is 5.92 Å². The maximum absolute atomic E-state index is 12.2. The van der Waals surface area contributed by atoms with Crippen LogP contribution in [0.1, 0.15) is 13.8 Å². The smallest absolute Gasteiger partial charge is 0.294 e. The number of hydrogen-bond donors (Lipinski definition) is 3. The molecule has 2 atom stereocenters. The topological polar surface area (TPSA) is 88.3 Å². The molecule has 1 saturated heterocycles. The van der Waals surface area contributed by atoms with Crippen molar-refractivity contribution in [1.29, 1.82) is 0 Å². The highest BCUT2D eigenvalue weighted by molar-refractivity contribution is 5.80. The molecule has 3 N–H and O–H groups in total. The van der Waals surface area contributed by atoms with Gasteiger partial charge >= 0.3 is 0 Å². The predicted molar refractivity (Wildman–Crippen MR) is 82.2 cm³/mol. The zero-order valence-electron chi connectivity index (χ0n) is 12.6. The number of aromatic nitrogens is 1. The number of hydrogen-bond acceptors (Lipinski definition) is 5. The summed E-state index contributed by atoms with van der Waals surface area (Å²) in [6.07, 6.45) is 3.22. The molecule has 0 spiro atoms. The van der Waals surface area contributed by atoms with E-state index in [1.54, 1.807) is 16.8 Å². The molecule has 2 unspecified atom stereocenters. The van der Waals surface area contributed by atoms with Crippen LogP contribution in [0.4, 0.5) is 0 Å². The number of hydrazine groups is 1. The van der Waals surface area contributed by atoms with E-state index in [1.807, 2.05) is 19.9 Å². The molecule has 7 nitrogen and oxygen atoms in total. The van der Waals surface area contributed by atoms with E-state index in [1.165, 1.54) is 6.26 Å². The van der Waals surface area contributed by atoms with E-state index in [4.69, 9.17) is 4.42 Å². The summed E-state index contributed by atoms with van der Waals surface area (Å²) in [5.74, 6) is -0.131. The van der Waals surface area contributed by atoms with Crippen LogP contribution >= 0.6 is 0 Å². The van der Waals surface area contributed by atoms with Gasteiger partial charge in [-0.05, 0) is 26.0 Å². The van der Waals surface area contributed by atoms with Crippen LogP contribution in [0.25, 0.3) is 11.0 Å². The van der Waals surface area contributed by atoms with Gasteiger partial charge in [-0.2, -0.15) is 0 Å². The van der Waals surface area contributed by atoms with Crippen molar-refractivity contribution < 1.29 is 9.21 Å². The van der Waals surface area contributed by atoms with Crippen LogP contribution in [-0.2, 0) is 11.3 Å². The van der Waals surface area contributed by atoms with E-state index in [2.05, 4.69) is 16.2 Å². The number of pyridine rings is 1. The molecule has 2 aromatic rings. The highest BCUT2D eigenvalue weighted by Crippen LogP contribution is 2.14. The van der Waals surface area contributed by atoms with Crippen LogP contribution in [-0.4, -0.2) is 29.1 Å². The first-order valence-electron chi connectivity index (χ1n) is 7.43. The van der Waals surface area contributed by atoms with E-state index in [0.29, 0.717) is 18.7 Å². The SMILES string of the molecule is CC1NNC(C)C1C(=O)NCCn1ccc2ccoc2c1=O. The quantitative estimate of drug-likeness (QED) is 0.751. The first-order valence-corrected chi connectivity index (χ1v) is 7.43. The molecule has 3 heterocycles. The molecular formula is C15H20N4O3. The van der Waals surface area contributed by atoms with E-state index in [-0.39, 0.29) is 29.5 Å². The van der Waals surface area contributed by atoms with Crippen LogP contribution in [0, 0.1) is 5.92 Å². The van der Waals surface area contributed by atoms with Gasteiger partial charge in [-0.25, -0.2) is 0 Å². The largest absolute Gasteiger partial charge is 0.459 e. The fraction of sp³-hybridized carbons (Fsp3) is 0.467. The number of nitrogens with one attached hydrogen (secondary N) is 3. The fourth-order valence-corrected chi connectivity index (χ4v) is 2.92. The van der Waals surface area contributed by atoms with Crippen molar-refractivity contribution >= 4 is 16.9 Å². The Kier molecular flexibility index (Phi) is 4.00. The lowest BCUT2D eigenvalue weighted by Crippen LogP contribution is -2.41. The van der Waals surface area contributed by atoms with Crippen LogP contribution in [0.5, 0.6) is 0 Å². The first-order chi connectivity index (χ1) is 10.6. The summed E-state index contributed by atoms with van der Waals surface area (Å²) in [5, 5.41) is 3.68. The fourth-order valence-electron chi connectivity index (χ4n) is 2.92. The number of carbonyl (C=O) groups excluding carboxylic acids is 1. The molecule has 1 aliphatic heterocycles. The molecule has 118 valence electrons. The average Bonchev–Trinajstić information content (AvgIpc) is 3.08. The number of nitrogens with zero attached hydrogens (tertiary/aromatic N) is 1. The number of carbonyl (C=O) groups is 1. The van der Waals surface area contributed by atoms with Crippen LogP contribution in [0.15, 0.2) is 33.8 Å². The summed E-state index contributed by atoms with van der Waals surface area (Å²) in [6, 6.07) is 3.75. The molecule has 22 heavy (non-hydrogen) atoms. The lowest BCUT2D eigenvalue weighted by Gasteiger charge is -2.17. The Morgan fingerprint density at radius 3 is 2.77 bits per heavy atom. The molecule has 0 aliphatic carbocycles. The van der Waals surface area contributed by atoms with Gasteiger partial charge in [-0.1, -0.05) is 0 Å². The van der Waals surface area contributed by atoms with Crippen molar-refractivity contribution in [1.82, 2.24) is 20.7 Å². The number of rotatable bonds is 4. The van der Waals surface area contributed by atoms with Gasteiger partial charge in [0, 0.05) is 36.8 Å². The lowest BCUT2D eigenvalue weighted by molar-refractivity contribution is -0.125. The normalized spacial score (nSPS) is 24.7. The molecule has 1 aliphatic rings. The molecular weight excluding hydrogens is 284 g/mol. The molecule has 0 aromatic carbocycles. The monoisotopic (exact) mass is 304 g/mol. The van der Waals surface area contributed by atoms with E-state index >= 15 is 0 Å². The van der Waals surface area contributed by atoms with Crippen LogP contribution in [0.3, 0.4) is 0 Å². The molecule has 0 radical (unpaired) electrons. The third kappa shape index (κ3) is 2.65. The minimum atomic E-state index is -0.178. The number of fused-ring (bicyclic) bond motifs is 1. The minimum absolute atomic E-state index is 0.00961. The zero-order valence-corrected chi connectivity index (χ0v) is 12.6.